The molecule has 0 aliphatic carbocycles. The van der Waals surface area contributed by atoms with Gasteiger partial charge in [-0.15, -0.1) is 0 Å². The quantitative estimate of drug-likeness (QED) is 0.376. The highest BCUT2D eigenvalue weighted by atomic mass is 16.4. The Labute approximate surface area is 207 Å². The van der Waals surface area contributed by atoms with Crippen molar-refractivity contribution in [2.75, 3.05) is 0 Å². The molecule has 0 aliphatic rings. The Morgan fingerprint density at radius 2 is 1.58 bits per heavy atom. The molecule has 0 saturated carbocycles. The summed E-state index contributed by atoms with van der Waals surface area (Å²) in [4.78, 5) is 39.0. The summed E-state index contributed by atoms with van der Waals surface area (Å²) in [6, 6.07) is 22.4. The van der Waals surface area contributed by atoms with Crippen LogP contribution in [0.5, 0.6) is 0 Å². The summed E-state index contributed by atoms with van der Waals surface area (Å²) in [5.74, 6) is -1.51. The summed E-state index contributed by atoms with van der Waals surface area (Å²) >= 11 is 0. The first-order valence-corrected chi connectivity index (χ1v) is 11.9. The molecule has 0 radical (unpaired) electrons. The minimum atomic E-state index is -0.982. The maximum Gasteiger partial charge on any atom is 0.331 e. The van der Waals surface area contributed by atoms with Crippen molar-refractivity contribution in [1.29, 1.82) is 0 Å². The second kappa shape index (κ2) is 9.34. The average Bonchev–Trinajstić information content (AvgIpc) is 3.20. The molecule has 0 amide bonds. The number of benzene rings is 3. The lowest BCUT2D eigenvalue weighted by Crippen LogP contribution is -2.41. The van der Waals surface area contributed by atoms with Crippen molar-refractivity contribution in [1.82, 2.24) is 13.7 Å². The van der Waals surface area contributed by atoms with E-state index in [9.17, 15) is 19.5 Å². The Morgan fingerprint density at radius 1 is 0.889 bits per heavy atom. The first-order valence-electron chi connectivity index (χ1n) is 11.9. The normalized spacial score (nSPS) is 12.3. The zero-order chi connectivity index (χ0) is 25.4. The molecule has 1 unspecified atom stereocenters. The topological polar surface area (TPSA) is 86.2 Å². The number of aromatic nitrogens is 3. The molecule has 0 aliphatic heterocycles. The van der Waals surface area contributed by atoms with E-state index in [1.165, 1.54) is 4.57 Å². The van der Waals surface area contributed by atoms with Crippen molar-refractivity contribution in [3.8, 4) is 0 Å². The first kappa shape index (κ1) is 23.4. The van der Waals surface area contributed by atoms with Crippen LogP contribution in [0.1, 0.15) is 29.0 Å². The number of rotatable bonds is 7. The summed E-state index contributed by atoms with van der Waals surface area (Å²) < 4.78 is 4.86. The molecule has 0 spiro atoms. The van der Waals surface area contributed by atoms with Gasteiger partial charge < -0.3 is 9.67 Å². The number of hydrogen-bond donors (Lipinski definition) is 1. The maximum absolute atomic E-state index is 13.9. The summed E-state index contributed by atoms with van der Waals surface area (Å²) in [5, 5.41) is 11.1. The lowest BCUT2D eigenvalue weighted by atomic mass is 9.95. The predicted octanol–water partition coefficient (Wildman–Crippen LogP) is 4.27. The van der Waals surface area contributed by atoms with Crippen molar-refractivity contribution < 1.29 is 9.90 Å². The van der Waals surface area contributed by atoms with E-state index < -0.39 is 23.1 Å². The number of para-hydroxylation sites is 1. The number of aliphatic carboxylic acids is 1. The van der Waals surface area contributed by atoms with Gasteiger partial charge in [0.05, 0.1) is 23.9 Å². The third-order valence-corrected chi connectivity index (χ3v) is 6.86. The molecule has 0 bridgehead atoms. The van der Waals surface area contributed by atoms with Crippen molar-refractivity contribution in [3.05, 3.63) is 117 Å². The average molecular weight is 482 g/mol. The molecule has 182 valence electrons. The zero-order valence-electron chi connectivity index (χ0n) is 20.2. The number of nitrogens with zero attached hydrogens (tertiary/aromatic N) is 3. The van der Waals surface area contributed by atoms with Crippen LogP contribution in [0.2, 0.25) is 0 Å². The number of carboxylic acid groups (broad SMARTS) is 1. The highest BCUT2D eigenvalue weighted by molar-refractivity contribution is 5.87. The fraction of sp³-hybridized carbons (Fsp3) is 0.207. The Bertz CT molecular complexity index is 1710. The Kier molecular flexibility index (Phi) is 6.06. The Morgan fingerprint density at radius 3 is 2.33 bits per heavy atom. The van der Waals surface area contributed by atoms with Crippen LogP contribution < -0.4 is 11.2 Å². The molecule has 5 aromatic rings. The molecular formula is C29H27N3O4. The second-order valence-corrected chi connectivity index (χ2v) is 9.24. The minimum Gasteiger partial charge on any atom is -0.481 e. The van der Waals surface area contributed by atoms with Crippen LogP contribution in [-0.4, -0.2) is 24.8 Å². The minimum absolute atomic E-state index is 0.0205. The summed E-state index contributed by atoms with van der Waals surface area (Å²) in [5.41, 5.74) is 3.64. The van der Waals surface area contributed by atoms with E-state index in [4.69, 9.17) is 0 Å². The van der Waals surface area contributed by atoms with Crippen molar-refractivity contribution in [2.45, 2.75) is 32.4 Å². The standard InChI is InChI=1S/C29H27N3O4/c1-19-9-8-14-25-27(19)22(16-30(25)2)18-31-24-13-7-6-12-23(24)28(35)32(29(31)36)17-21(15-26(33)34)20-10-4-3-5-11-20/h3-14,16,21H,15,17-18H2,1-2H3,(H,33,34). The molecule has 7 heteroatoms. The van der Waals surface area contributed by atoms with Crippen LogP contribution in [0, 0.1) is 6.92 Å². The highest BCUT2D eigenvalue weighted by Gasteiger charge is 2.21. The van der Waals surface area contributed by atoms with E-state index in [1.54, 1.807) is 22.8 Å². The number of carbonyl (C=O) groups is 1. The lowest BCUT2D eigenvalue weighted by Gasteiger charge is -2.19. The Balaban J connectivity index is 1.69. The molecule has 2 aromatic heterocycles. The van der Waals surface area contributed by atoms with Gasteiger partial charge in [0.15, 0.2) is 0 Å². The molecule has 1 atom stereocenters. The molecule has 0 saturated heterocycles. The van der Waals surface area contributed by atoms with Gasteiger partial charge in [-0.1, -0.05) is 54.6 Å². The molecule has 1 N–H and O–H groups in total. The highest BCUT2D eigenvalue weighted by Crippen LogP contribution is 2.26. The van der Waals surface area contributed by atoms with Crippen molar-refractivity contribution in [2.24, 2.45) is 7.05 Å². The molecule has 2 heterocycles. The van der Waals surface area contributed by atoms with Crippen molar-refractivity contribution in [3.63, 3.8) is 0 Å². The van der Waals surface area contributed by atoms with Crippen LogP contribution >= 0.6 is 0 Å². The van der Waals surface area contributed by atoms with Gasteiger partial charge in [0.1, 0.15) is 0 Å². The van der Waals surface area contributed by atoms with Crippen LogP contribution in [0.4, 0.5) is 0 Å². The molecular weight excluding hydrogens is 454 g/mol. The maximum atomic E-state index is 13.9. The molecule has 3 aromatic carbocycles. The van der Waals surface area contributed by atoms with Gasteiger partial charge in [0, 0.05) is 36.6 Å². The fourth-order valence-corrected chi connectivity index (χ4v) is 5.15. The van der Waals surface area contributed by atoms with E-state index in [0.717, 1.165) is 27.6 Å². The van der Waals surface area contributed by atoms with Gasteiger partial charge in [0.2, 0.25) is 0 Å². The van der Waals surface area contributed by atoms with Crippen molar-refractivity contribution >= 4 is 27.8 Å². The van der Waals surface area contributed by atoms with Crippen LogP contribution in [-0.2, 0) is 24.9 Å². The number of fused-ring (bicyclic) bond motifs is 2. The van der Waals surface area contributed by atoms with E-state index in [2.05, 4.69) is 0 Å². The largest absolute Gasteiger partial charge is 0.481 e. The van der Waals surface area contributed by atoms with Gasteiger partial charge >= 0.3 is 11.7 Å². The summed E-state index contributed by atoms with van der Waals surface area (Å²) in [6.07, 6.45) is 1.83. The monoisotopic (exact) mass is 481 g/mol. The number of aryl methyl sites for hydroxylation is 2. The summed E-state index contributed by atoms with van der Waals surface area (Å²) in [7, 11) is 1.98. The van der Waals surface area contributed by atoms with Gasteiger partial charge in [0.25, 0.3) is 5.56 Å². The van der Waals surface area contributed by atoms with Gasteiger partial charge in [-0.05, 0) is 41.8 Å². The van der Waals surface area contributed by atoms with Gasteiger partial charge in [-0.3, -0.25) is 18.7 Å². The van der Waals surface area contributed by atoms with E-state index in [1.807, 2.05) is 79.3 Å². The Hall–Kier alpha value is -4.39. The fourth-order valence-electron chi connectivity index (χ4n) is 5.15. The number of hydrogen-bond acceptors (Lipinski definition) is 3. The molecule has 0 fully saturated rings. The zero-order valence-corrected chi connectivity index (χ0v) is 20.2. The summed E-state index contributed by atoms with van der Waals surface area (Å²) in [6.45, 7) is 2.31. The van der Waals surface area contributed by atoms with Gasteiger partial charge in [-0.2, -0.15) is 0 Å². The van der Waals surface area contributed by atoms with E-state index in [0.29, 0.717) is 10.9 Å². The first-order chi connectivity index (χ1) is 17.3. The molecule has 36 heavy (non-hydrogen) atoms. The SMILES string of the molecule is Cc1cccc2c1c(Cn1c(=O)n(CC(CC(=O)O)c3ccccc3)c(=O)c3ccccc31)cn2C. The van der Waals surface area contributed by atoms with E-state index >= 15 is 0 Å². The van der Waals surface area contributed by atoms with Gasteiger partial charge in [-0.25, -0.2) is 4.79 Å². The third kappa shape index (κ3) is 4.13. The van der Waals surface area contributed by atoms with Crippen LogP contribution in [0.15, 0.2) is 88.6 Å². The molecule has 5 rings (SSSR count). The van der Waals surface area contributed by atoms with E-state index in [-0.39, 0.29) is 19.5 Å². The predicted molar refractivity (Wildman–Crippen MR) is 141 cm³/mol. The smallest absolute Gasteiger partial charge is 0.331 e. The van der Waals surface area contributed by atoms with Crippen LogP contribution in [0.3, 0.4) is 0 Å². The molecule has 7 nitrogen and oxygen atoms in total. The van der Waals surface area contributed by atoms with Crippen LogP contribution in [0.25, 0.3) is 21.8 Å². The third-order valence-electron chi connectivity index (χ3n) is 6.86. The number of carboxylic acids is 1. The lowest BCUT2D eigenvalue weighted by molar-refractivity contribution is -0.137. The second-order valence-electron chi connectivity index (χ2n) is 9.24.